The summed E-state index contributed by atoms with van der Waals surface area (Å²) in [5, 5.41) is 4.55. The Balaban J connectivity index is 1.83. The van der Waals surface area contributed by atoms with E-state index in [2.05, 4.69) is 21.2 Å². The van der Waals surface area contributed by atoms with Crippen molar-refractivity contribution >= 4 is 48.9 Å². The number of nitrogens with one attached hydrogen (secondary N) is 1. The molecular weight excluding hydrogens is 412 g/mol. The molecule has 1 heterocycles. The molecule has 1 amide bonds. The molecular formula is C16H19BrN2O3S2. The Morgan fingerprint density at radius 1 is 1.33 bits per heavy atom. The van der Waals surface area contributed by atoms with E-state index in [9.17, 15) is 13.2 Å². The predicted octanol–water partition coefficient (Wildman–Crippen LogP) is 3.86. The molecule has 0 fully saturated rings. The molecule has 1 aromatic carbocycles. The van der Waals surface area contributed by atoms with E-state index in [0.29, 0.717) is 17.2 Å². The summed E-state index contributed by atoms with van der Waals surface area (Å²) in [5.41, 5.74) is 1.77. The third kappa shape index (κ3) is 4.89. The predicted molar refractivity (Wildman–Crippen MR) is 101 cm³/mol. The number of aryl methyl sites for hydroxylation is 1. The van der Waals surface area contributed by atoms with Gasteiger partial charge in [0.25, 0.3) is 10.0 Å². The van der Waals surface area contributed by atoms with Gasteiger partial charge in [-0.25, -0.2) is 12.7 Å². The smallest absolute Gasteiger partial charge is 0.252 e. The molecule has 24 heavy (non-hydrogen) atoms. The van der Waals surface area contributed by atoms with Crippen molar-refractivity contribution in [3.8, 4) is 0 Å². The molecule has 2 rings (SSSR count). The number of carbonyl (C=O) groups excluding carboxylic acids is 1. The van der Waals surface area contributed by atoms with Gasteiger partial charge in [0, 0.05) is 30.2 Å². The standard InChI is InChI=1S/C16H19BrN2O3S2/c1-12-11-13(7-8-14(12)17)18-15(20)5-3-9-19(2)24(21,22)16-6-4-10-23-16/h4,6-8,10-11H,3,5,9H2,1-2H3,(H,18,20). The van der Waals surface area contributed by atoms with E-state index in [0.717, 1.165) is 15.7 Å². The molecule has 0 saturated carbocycles. The summed E-state index contributed by atoms with van der Waals surface area (Å²) in [6, 6.07) is 8.88. The maximum atomic E-state index is 12.3. The lowest BCUT2D eigenvalue weighted by Crippen LogP contribution is -2.28. The van der Waals surface area contributed by atoms with Crippen molar-refractivity contribution in [2.75, 3.05) is 18.9 Å². The van der Waals surface area contributed by atoms with Crippen molar-refractivity contribution in [3.63, 3.8) is 0 Å². The summed E-state index contributed by atoms with van der Waals surface area (Å²) in [6.45, 7) is 2.25. The van der Waals surface area contributed by atoms with E-state index in [-0.39, 0.29) is 12.3 Å². The second-order valence-electron chi connectivity index (χ2n) is 5.37. The van der Waals surface area contributed by atoms with Crippen LogP contribution in [-0.2, 0) is 14.8 Å². The first-order valence-corrected chi connectivity index (χ1v) is 10.5. The Morgan fingerprint density at radius 2 is 2.08 bits per heavy atom. The fourth-order valence-electron chi connectivity index (χ4n) is 2.09. The molecule has 1 aromatic heterocycles. The molecule has 0 aliphatic carbocycles. The maximum Gasteiger partial charge on any atom is 0.252 e. The number of hydrogen-bond donors (Lipinski definition) is 1. The lowest BCUT2D eigenvalue weighted by molar-refractivity contribution is -0.116. The van der Waals surface area contributed by atoms with Gasteiger partial charge in [0.05, 0.1) is 0 Å². The summed E-state index contributed by atoms with van der Waals surface area (Å²) in [5.74, 6) is -0.126. The fourth-order valence-corrected chi connectivity index (χ4v) is 4.75. The van der Waals surface area contributed by atoms with Crippen LogP contribution in [0.25, 0.3) is 0 Å². The van der Waals surface area contributed by atoms with Crippen LogP contribution in [-0.4, -0.2) is 32.2 Å². The summed E-state index contributed by atoms with van der Waals surface area (Å²) in [4.78, 5) is 12.0. The van der Waals surface area contributed by atoms with E-state index in [4.69, 9.17) is 0 Å². The number of carbonyl (C=O) groups is 1. The van der Waals surface area contributed by atoms with Crippen molar-refractivity contribution in [1.82, 2.24) is 4.31 Å². The topological polar surface area (TPSA) is 66.5 Å². The molecule has 1 N–H and O–H groups in total. The van der Waals surface area contributed by atoms with Crippen LogP contribution in [0.5, 0.6) is 0 Å². The normalized spacial score (nSPS) is 11.7. The average Bonchev–Trinajstić information content (AvgIpc) is 3.06. The van der Waals surface area contributed by atoms with Crippen LogP contribution in [0.15, 0.2) is 44.4 Å². The highest BCUT2D eigenvalue weighted by Gasteiger charge is 2.21. The minimum atomic E-state index is -3.45. The van der Waals surface area contributed by atoms with Gasteiger partial charge in [0.1, 0.15) is 4.21 Å². The Morgan fingerprint density at radius 3 is 2.71 bits per heavy atom. The van der Waals surface area contributed by atoms with E-state index < -0.39 is 10.0 Å². The van der Waals surface area contributed by atoms with E-state index in [1.54, 1.807) is 17.5 Å². The first-order valence-electron chi connectivity index (χ1n) is 7.36. The van der Waals surface area contributed by atoms with Crippen molar-refractivity contribution in [1.29, 1.82) is 0 Å². The number of hydrogen-bond acceptors (Lipinski definition) is 4. The number of halogens is 1. The molecule has 0 spiro atoms. The van der Waals surface area contributed by atoms with Crippen LogP contribution in [0.2, 0.25) is 0 Å². The first-order chi connectivity index (χ1) is 11.3. The van der Waals surface area contributed by atoms with Gasteiger partial charge >= 0.3 is 0 Å². The van der Waals surface area contributed by atoms with E-state index in [1.165, 1.54) is 22.7 Å². The molecule has 0 aliphatic rings. The number of nitrogens with zero attached hydrogens (tertiary/aromatic N) is 1. The summed E-state index contributed by atoms with van der Waals surface area (Å²) < 4.78 is 27.1. The fraction of sp³-hybridized carbons (Fsp3) is 0.312. The van der Waals surface area contributed by atoms with E-state index in [1.807, 2.05) is 25.1 Å². The quantitative estimate of drug-likeness (QED) is 0.724. The number of anilines is 1. The third-order valence-corrected chi connectivity index (χ3v) is 7.60. The lowest BCUT2D eigenvalue weighted by atomic mass is 10.2. The second-order valence-corrected chi connectivity index (χ2v) is 9.45. The first kappa shape index (κ1) is 19.1. The molecule has 0 aliphatic heterocycles. The van der Waals surface area contributed by atoms with Crippen LogP contribution in [0.1, 0.15) is 18.4 Å². The molecule has 130 valence electrons. The average molecular weight is 431 g/mol. The van der Waals surface area contributed by atoms with Crippen molar-refractivity contribution in [2.24, 2.45) is 0 Å². The largest absolute Gasteiger partial charge is 0.326 e. The van der Waals surface area contributed by atoms with Gasteiger partial charge in [-0.05, 0) is 48.6 Å². The van der Waals surface area contributed by atoms with Gasteiger partial charge in [0.15, 0.2) is 0 Å². The molecule has 5 nitrogen and oxygen atoms in total. The van der Waals surface area contributed by atoms with Crippen molar-refractivity contribution in [3.05, 3.63) is 45.7 Å². The Bertz CT molecular complexity index is 805. The molecule has 0 saturated heterocycles. The highest BCUT2D eigenvalue weighted by Crippen LogP contribution is 2.21. The maximum absolute atomic E-state index is 12.3. The van der Waals surface area contributed by atoms with Gasteiger partial charge in [-0.15, -0.1) is 11.3 Å². The van der Waals surface area contributed by atoms with Gasteiger partial charge in [-0.1, -0.05) is 22.0 Å². The van der Waals surface area contributed by atoms with Crippen LogP contribution in [0.3, 0.4) is 0 Å². The molecule has 0 bridgehead atoms. The second kappa shape index (κ2) is 8.24. The summed E-state index contributed by atoms with van der Waals surface area (Å²) >= 11 is 4.60. The highest BCUT2D eigenvalue weighted by atomic mass is 79.9. The van der Waals surface area contributed by atoms with Crippen molar-refractivity contribution < 1.29 is 13.2 Å². The van der Waals surface area contributed by atoms with E-state index >= 15 is 0 Å². The SMILES string of the molecule is Cc1cc(NC(=O)CCCN(C)S(=O)(=O)c2cccs2)ccc1Br. The van der Waals surface area contributed by atoms with Crippen LogP contribution < -0.4 is 5.32 Å². The van der Waals surface area contributed by atoms with Crippen LogP contribution in [0, 0.1) is 6.92 Å². The summed E-state index contributed by atoms with van der Waals surface area (Å²) in [7, 11) is -1.92. The number of rotatable bonds is 7. The zero-order valence-corrected chi connectivity index (χ0v) is 16.7. The number of thiophene rings is 1. The minimum absolute atomic E-state index is 0.126. The Labute approximate surface area is 154 Å². The highest BCUT2D eigenvalue weighted by molar-refractivity contribution is 9.10. The molecule has 0 atom stereocenters. The third-order valence-electron chi connectivity index (χ3n) is 3.48. The number of amides is 1. The van der Waals surface area contributed by atoms with Gasteiger partial charge in [-0.3, -0.25) is 4.79 Å². The number of sulfonamides is 1. The number of benzene rings is 1. The van der Waals surface area contributed by atoms with Crippen LogP contribution in [0.4, 0.5) is 5.69 Å². The molecule has 8 heteroatoms. The summed E-state index contributed by atoms with van der Waals surface area (Å²) in [6.07, 6.45) is 0.724. The monoisotopic (exact) mass is 430 g/mol. The zero-order valence-electron chi connectivity index (χ0n) is 13.5. The van der Waals surface area contributed by atoms with Gasteiger partial charge < -0.3 is 5.32 Å². The van der Waals surface area contributed by atoms with Gasteiger partial charge in [0.2, 0.25) is 5.91 Å². The molecule has 0 unspecified atom stereocenters. The molecule has 0 radical (unpaired) electrons. The van der Waals surface area contributed by atoms with Crippen molar-refractivity contribution in [2.45, 2.75) is 24.0 Å². The Hall–Kier alpha value is -1.22. The zero-order chi connectivity index (χ0) is 17.7. The Kier molecular flexibility index (Phi) is 6.56. The lowest BCUT2D eigenvalue weighted by Gasteiger charge is -2.15. The van der Waals surface area contributed by atoms with Crippen LogP contribution >= 0.6 is 27.3 Å². The van der Waals surface area contributed by atoms with Gasteiger partial charge in [-0.2, -0.15) is 0 Å². The molecule has 2 aromatic rings. The minimum Gasteiger partial charge on any atom is -0.326 e.